The number of carbonyl (C=O) groups excluding carboxylic acids is 1. The quantitative estimate of drug-likeness (QED) is 0.287. The molecule has 0 saturated heterocycles. The Balaban J connectivity index is 2.43. The molecular weight excluding hydrogens is 676 g/mol. The highest BCUT2D eigenvalue weighted by molar-refractivity contribution is 9.10. The van der Waals surface area contributed by atoms with E-state index in [1.807, 2.05) is 5.32 Å². The Labute approximate surface area is 234 Å². The molecule has 4 nitrogen and oxygen atoms in total. The molecule has 0 radical (unpaired) electrons. The van der Waals surface area contributed by atoms with Gasteiger partial charge in [-0.15, -0.1) is 0 Å². The van der Waals surface area contributed by atoms with Crippen molar-refractivity contribution < 1.29 is 57.1 Å². The number of alkyl halides is 9. The zero-order valence-corrected chi connectivity index (χ0v) is 22.9. The van der Waals surface area contributed by atoms with Gasteiger partial charge in [0.25, 0.3) is 5.91 Å². The van der Waals surface area contributed by atoms with Gasteiger partial charge in [0.1, 0.15) is 17.5 Å². The molecule has 0 aromatic heterocycles. The van der Waals surface area contributed by atoms with Crippen LogP contribution in [0.1, 0.15) is 39.9 Å². The second-order valence-electron chi connectivity index (χ2n) is 8.51. The van der Waals surface area contributed by atoms with Crippen LogP contribution < -0.4 is 5.32 Å². The molecule has 2 rings (SSSR count). The van der Waals surface area contributed by atoms with E-state index in [1.165, 1.54) is 0 Å². The van der Waals surface area contributed by atoms with Crippen molar-refractivity contribution in [3.8, 4) is 0 Å². The summed E-state index contributed by atoms with van der Waals surface area (Å²) in [6.07, 6.45) is -15.5. The minimum atomic E-state index is -5.34. The summed E-state index contributed by atoms with van der Waals surface area (Å²) in [5.41, 5.74) is -4.44. The minimum absolute atomic E-state index is 0.0301. The summed E-state index contributed by atoms with van der Waals surface area (Å²) < 4.78 is 158. The van der Waals surface area contributed by atoms with E-state index in [4.69, 9.17) is 11.6 Å². The van der Waals surface area contributed by atoms with Gasteiger partial charge in [0.15, 0.2) is 9.84 Å². The Morgan fingerprint density at radius 2 is 1.62 bits per heavy atom. The van der Waals surface area contributed by atoms with Crippen LogP contribution in [0.4, 0.5) is 43.9 Å². The normalized spacial score (nSPS) is 15.1. The predicted octanol–water partition coefficient (Wildman–Crippen LogP) is 7.87. The third kappa shape index (κ3) is 9.65. The van der Waals surface area contributed by atoms with Gasteiger partial charge in [-0.2, -0.15) is 39.5 Å². The van der Waals surface area contributed by atoms with E-state index in [1.54, 1.807) is 0 Å². The molecule has 2 aromatic carbocycles. The second-order valence-corrected chi connectivity index (χ2v) is 11.9. The second kappa shape index (κ2) is 12.3. The third-order valence-corrected chi connectivity index (χ3v) is 8.09. The van der Waals surface area contributed by atoms with Crippen molar-refractivity contribution in [2.24, 2.45) is 0 Å². The molecule has 0 heterocycles. The highest BCUT2D eigenvalue weighted by atomic mass is 79.9. The van der Waals surface area contributed by atoms with Gasteiger partial charge in [0.2, 0.25) is 0 Å². The Hall–Kier alpha value is -2.33. The number of hydrogen-bond acceptors (Lipinski definition) is 3. The molecule has 222 valence electrons. The number of carbonyl (C=O) groups is 1. The molecule has 0 aliphatic rings. The maximum absolute atomic E-state index is 14.9. The van der Waals surface area contributed by atoms with Gasteiger partial charge < -0.3 is 5.32 Å². The van der Waals surface area contributed by atoms with Crippen LogP contribution in [0.25, 0.3) is 5.83 Å². The Morgan fingerprint density at radius 3 is 2.12 bits per heavy atom. The summed E-state index contributed by atoms with van der Waals surface area (Å²) in [4.78, 5) is 12.4. The van der Waals surface area contributed by atoms with Gasteiger partial charge in [0.05, 0.1) is 21.9 Å². The summed E-state index contributed by atoms with van der Waals surface area (Å²) in [7, 11) is -4.80. The van der Waals surface area contributed by atoms with Crippen molar-refractivity contribution >= 4 is 49.1 Å². The van der Waals surface area contributed by atoms with E-state index in [9.17, 15) is 57.1 Å². The Morgan fingerprint density at radius 1 is 1.02 bits per heavy atom. The van der Waals surface area contributed by atoms with Crippen molar-refractivity contribution in [1.82, 2.24) is 5.32 Å². The van der Waals surface area contributed by atoms with E-state index >= 15 is 0 Å². The largest absolute Gasteiger partial charge is 0.417 e. The molecule has 2 aromatic rings. The maximum Gasteiger partial charge on any atom is 0.417 e. The number of sulfone groups is 1. The lowest BCUT2D eigenvalue weighted by Crippen LogP contribution is -2.40. The fourth-order valence-corrected chi connectivity index (χ4v) is 5.38. The summed E-state index contributed by atoms with van der Waals surface area (Å²) in [6, 6.07) is 2.56. The lowest BCUT2D eigenvalue weighted by atomic mass is 9.95. The van der Waals surface area contributed by atoms with Crippen molar-refractivity contribution in [3.63, 3.8) is 0 Å². The zero-order chi connectivity index (χ0) is 30.8. The average molecular weight is 693 g/mol. The number of amides is 1. The van der Waals surface area contributed by atoms with Crippen LogP contribution in [-0.4, -0.2) is 44.2 Å². The Bertz CT molecular complexity index is 1390. The van der Waals surface area contributed by atoms with Gasteiger partial charge in [0, 0.05) is 16.1 Å². The van der Waals surface area contributed by atoms with Crippen molar-refractivity contribution in [2.75, 3.05) is 11.5 Å². The first kappa shape index (κ1) is 33.9. The van der Waals surface area contributed by atoms with Crippen LogP contribution in [0.2, 0.25) is 5.02 Å². The smallest absolute Gasteiger partial charge is 0.349 e. The molecule has 0 saturated carbocycles. The fraction of sp³-hybridized carbons (Fsp3) is 0.348. The SMILES string of the molecule is CC(CS(=O)(=O)CC(F)(F)F)NC(=O)c1ccc(/C(F)=C/C(c2ccc(Br)c(Cl)c2)C(F)(F)F)cc1C(F)(F)F. The van der Waals surface area contributed by atoms with Crippen LogP contribution in [0, 0.1) is 0 Å². The monoisotopic (exact) mass is 691 g/mol. The lowest BCUT2D eigenvalue weighted by Gasteiger charge is -2.19. The highest BCUT2D eigenvalue weighted by Crippen LogP contribution is 2.41. The van der Waals surface area contributed by atoms with Crippen LogP contribution in [0.3, 0.4) is 0 Å². The van der Waals surface area contributed by atoms with Gasteiger partial charge in [-0.25, -0.2) is 12.8 Å². The van der Waals surface area contributed by atoms with Crippen LogP contribution in [0.5, 0.6) is 0 Å². The third-order valence-electron chi connectivity index (χ3n) is 5.08. The molecular formula is C23H17BrClF10NO3S. The summed E-state index contributed by atoms with van der Waals surface area (Å²) in [5, 5.41) is 1.68. The fourth-order valence-electron chi connectivity index (χ4n) is 3.49. The molecule has 0 fully saturated rings. The number of hydrogen-bond donors (Lipinski definition) is 1. The summed E-state index contributed by atoms with van der Waals surface area (Å²) in [6.45, 7) is 0.932. The van der Waals surface area contributed by atoms with Crippen molar-refractivity contribution in [2.45, 2.75) is 37.4 Å². The molecule has 2 atom stereocenters. The molecule has 40 heavy (non-hydrogen) atoms. The number of benzene rings is 2. The molecule has 2 unspecified atom stereocenters. The molecule has 1 amide bonds. The number of nitrogens with one attached hydrogen (secondary N) is 1. The highest BCUT2D eigenvalue weighted by Gasteiger charge is 2.41. The number of allylic oxidation sites excluding steroid dienone is 1. The molecule has 0 bridgehead atoms. The average Bonchev–Trinajstić information content (AvgIpc) is 2.75. The van der Waals surface area contributed by atoms with E-state index in [2.05, 4.69) is 15.9 Å². The molecule has 0 aliphatic carbocycles. The zero-order valence-electron chi connectivity index (χ0n) is 19.8. The van der Waals surface area contributed by atoms with E-state index in [0.29, 0.717) is 12.1 Å². The first-order valence-electron chi connectivity index (χ1n) is 10.7. The molecule has 0 aliphatic heterocycles. The van der Waals surface area contributed by atoms with Gasteiger partial charge in [-0.3, -0.25) is 4.79 Å². The predicted molar refractivity (Wildman–Crippen MR) is 130 cm³/mol. The maximum atomic E-state index is 14.9. The summed E-state index contributed by atoms with van der Waals surface area (Å²) >= 11 is 8.79. The van der Waals surface area contributed by atoms with Crippen LogP contribution in [0.15, 0.2) is 46.9 Å². The van der Waals surface area contributed by atoms with E-state index in [0.717, 1.165) is 25.1 Å². The number of halogens is 12. The van der Waals surface area contributed by atoms with E-state index in [-0.39, 0.29) is 21.6 Å². The van der Waals surface area contributed by atoms with Gasteiger partial charge in [-0.1, -0.05) is 23.7 Å². The minimum Gasteiger partial charge on any atom is -0.349 e. The molecule has 0 spiro atoms. The van der Waals surface area contributed by atoms with Crippen molar-refractivity contribution in [3.05, 3.63) is 74.2 Å². The van der Waals surface area contributed by atoms with Gasteiger partial charge >= 0.3 is 18.5 Å². The lowest BCUT2D eigenvalue weighted by molar-refractivity contribution is -0.140. The topological polar surface area (TPSA) is 63.2 Å². The van der Waals surface area contributed by atoms with E-state index < -0.39 is 85.8 Å². The number of rotatable bonds is 8. The molecule has 1 N–H and O–H groups in total. The van der Waals surface area contributed by atoms with Crippen LogP contribution >= 0.6 is 27.5 Å². The first-order chi connectivity index (χ1) is 18.0. The summed E-state index contributed by atoms with van der Waals surface area (Å²) in [5.74, 6) is -9.37. The first-order valence-corrected chi connectivity index (χ1v) is 13.7. The molecule has 17 heteroatoms. The standard InChI is InChI=1S/C23H17BrClF10NO3S/c1-11(9-40(38,39)10-21(27,28)29)36-20(37)14-4-2-13(6-16(14)23(33,34)35)19(26)8-15(22(30,31)32)12-3-5-17(24)18(25)7-12/h2-8,11,15H,9-10H2,1H3,(H,36,37)/b19-8-. The van der Waals surface area contributed by atoms with Gasteiger partial charge in [-0.05, 0) is 58.8 Å². The Kier molecular flexibility index (Phi) is 10.4. The van der Waals surface area contributed by atoms with Crippen molar-refractivity contribution in [1.29, 1.82) is 0 Å². The van der Waals surface area contributed by atoms with Crippen LogP contribution in [-0.2, 0) is 16.0 Å².